The number of benzene rings is 1. The van der Waals surface area contributed by atoms with Gasteiger partial charge in [-0.3, -0.25) is 9.59 Å². The maximum atomic E-state index is 13.4. The normalized spacial score (nSPS) is 34.6. The molecule has 3 aliphatic carbocycles. The molecule has 0 heterocycles. The zero-order chi connectivity index (χ0) is 21.5. The van der Waals surface area contributed by atoms with Crippen LogP contribution in [-0.4, -0.2) is 23.4 Å². The molecule has 3 aliphatic rings. The standard InChI is InChI=1S/C23H34N4O2S/c1-14-10-15-11-16(13-22(2,12-15)20(25)28)19(14)26-21(29)23(8-5-9-23)27-30-18-7-4-3-6-17(18)24/h3-4,6-7,14-16,19,27H,5,8-13,24H2,1-2H3,(H2,25,28)(H,26,29). The van der Waals surface area contributed by atoms with Gasteiger partial charge >= 0.3 is 0 Å². The van der Waals surface area contributed by atoms with Crippen LogP contribution in [0.4, 0.5) is 5.69 Å². The average Bonchev–Trinajstić information content (AvgIpc) is 2.65. The smallest absolute Gasteiger partial charge is 0.241 e. The molecule has 3 fully saturated rings. The Hall–Kier alpha value is -1.73. The summed E-state index contributed by atoms with van der Waals surface area (Å²) in [5, 5.41) is 3.40. The molecule has 1 aromatic carbocycles. The number of rotatable bonds is 6. The molecule has 4 rings (SSSR count). The summed E-state index contributed by atoms with van der Waals surface area (Å²) in [6.45, 7) is 4.23. The van der Waals surface area contributed by atoms with Crippen molar-refractivity contribution in [3.63, 3.8) is 0 Å². The van der Waals surface area contributed by atoms with E-state index < -0.39 is 11.0 Å². The van der Waals surface area contributed by atoms with Gasteiger partial charge in [0, 0.05) is 22.0 Å². The number of amides is 2. The highest BCUT2D eigenvalue weighted by molar-refractivity contribution is 7.97. The molecule has 1 aromatic rings. The first-order chi connectivity index (χ1) is 14.2. The Bertz CT molecular complexity index is 825. The van der Waals surface area contributed by atoms with E-state index >= 15 is 0 Å². The lowest BCUT2D eigenvalue weighted by Crippen LogP contribution is -2.63. The topological polar surface area (TPSA) is 110 Å². The number of hydrogen-bond acceptors (Lipinski definition) is 5. The van der Waals surface area contributed by atoms with Crippen LogP contribution in [-0.2, 0) is 9.59 Å². The second-order valence-electron chi connectivity index (χ2n) is 10.1. The number of nitrogens with two attached hydrogens (primary N) is 2. The zero-order valence-electron chi connectivity index (χ0n) is 17.9. The quantitative estimate of drug-likeness (QED) is 0.409. The zero-order valence-corrected chi connectivity index (χ0v) is 18.8. The monoisotopic (exact) mass is 430 g/mol. The van der Waals surface area contributed by atoms with Gasteiger partial charge in [0.25, 0.3) is 0 Å². The first-order valence-electron chi connectivity index (χ1n) is 11.1. The van der Waals surface area contributed by atoms with Gasteiger partial charge < -0.3 is 16.8 Å². The van der Waals surface area contributed by atoms with E-state index in [0.717, 1.165) is 49.8 Å². The van der Waals surface area contributed by atoms with Crippen LogP contribution in [0, 0.1) is 23.2 Å². The van der Waals surface area contributed by atoms with E-state index in [2.05, 4.69) is 17.0 Å². The third kappa shape index (κ3) is 3.94. The molecule has 3 saturated carbocycles. The van der Waals surface area contributed by atoms with Gasteiger partial charge in [0.1, 0.15) is 5.54 Å². The minimum absolute atomic E-state index is 0.0809. The number of carbonyl (C=O) groups is 2. The molecule has 6 N–H and O–H groups in total. The van der Waals surface area contributed by atoms with E-state index in [-0.39, 0.29) is 17.9 Å². The molecule has 7 heteroatoms. The van der Waals surface area contributed by atoms with Crippen LogP contribution >= 0.6 is 11.9 Å². The molecule has 2 amide bonds. The molecule has 0 spiro atoms. The average molecular weight is 431 g/mol. The Labute approximate surface area is 183 Å². The summed E-state index contributed by atoms with van der Waals surface area (Å²) >= 11 is 1.45. The lowest BCUT2D eigenvalue weighted by atomic mass is 9.57. The van der Waals surface area contributed by atoms with E-state index in [1.54, 1.807) is 0 Å². The first kappa shape index (κ1) is 21.5. The second-order valence-corrected chi connectivity index (χ2v) is 10.9. The third-order valence-electron chi connectivity index (χ3n) is 7.72. The van der Waals surface area contributed by atoms with Crippen molar-refractivity contribution in [2.75, 3.05) is 5.73 Å². The van der Waals surface area contributed by atoms with Crippen LogP contribution in [0.25, 0.3) is 0 Å². The summed E-state index contributed by atoms with van der Waals surface area (Å²) in [7, 11) is 0. The Morgan fingerprint density at radius 3 is 2.53 bits per heavy atom. The summed E-state index contributed by atoms with van der Waals surface area (Å²) in [6.07, 6.45) is 6.46. The number of primary amides is 1. The summed E-state index contributed by atoms with van der Waals surface area (Å²) < 4.78 is 3.43. The van der Waals surface area contributed by atoms with Gasteiger partial charge in [-0.1, -0.05) is 26.0 Å². The largest absolute Gasteiger partial charge is 0.398 e. The van der Waals surface area contributed by atoms with Crippen LogP contribution in [0.1, 0.15) is 58.8 Å². The molecule has 164 valence electrons. The van der Waals surface area contributed by atoms with Gasteiger partial charge in [0.05, 0.1) is 0 Å². The first-order valence-corrected chi connectivity index (χ1v) is 11.9. The highest BCUT2D eigenvalue weighted by Crippen LogP contribution is 2.50. The fourth-order valence-corrected chi connectivity index (χ4v) is 6.80. The number of para-hydroxylation sites is 1. The molecule has 30 heavy (non-hydrogen) atoms. The van der Waals surface area contributed by atoms with Crippen LogP contribution < -0.4 is 21.5 Å². The number of carbonyl (C=O) groups excluding carboxylic acids is 2. The maximum absolute atomic E-state index is 13.4. The maximum Gasteiger partial charge on any atom is 0.241 e. The molecule has 0 aromatic heterocycles. The molecule has 0 radical (unpaired) electrons. The van der Waals surface area contributed by atoms with E-state index in [1.165, 1.54) is 11.9 Å². The third-order valence-corrected chi connectivity index (χ3v) is 8.81. The van der Waals surface area contributed by atoms with Crippen molar-refractivity contribution in [2.45, 2.75) is 75.3 Å². The number of fused-ring (bicyclic) bond motifs is 2. The van der Waals surface area contributed by atoms with Crippen molar-refractivity contribution in [2.24, 2.45) is 28.9 Å². The predicted octanol–water partition coefficient (Wildman–Crippen LogP) is 3.22. The highest BCUT2D eigenvalue weighted by Gasteiger charge is 2.51. The molecule has 2 bridgehead atoms. The summed E-state index contributed by atoms with van der Waals surface area (Å²) in [5.41, 5.74) is 11.5. The highest BCUT2D eigenvalue weighted by atomic mass is 32.2. The lowest BCUT2D eigenvalue weighted by Gasteiger charge is -2.51. The van der Waals surface area contributed by atoms with Crippen LogP contribution in [0.15, 0.2) is 29.2 Å². The molecule has 5 unspecified atom stereocenters. The van der Waals surface area contributed by atoms with Crippen LogP contribution in [0.2, 0.25) is 0 Å². The molecule has 0 saturated heterocycles. The SMILES string of the molecule is CC1CC2CC(CC(C)(C(N)=O)C2)C1NC(=O)C1(NSc2ccccc2N)CCC1. The van der Waals surface area contributed by atoms with Crippen LogP contribution in [0.3, 0.4) is 0 Å². The minimum atomic E-state index is -0.550. The summed E-state index contributed by atoms with van der Waals surface area (Å²) in [6, 6.07) is 7.79. The van der Waals surface area contributed by atoms with E-state index in [9.17, 15) is 9.59 Å². The fraction of sp³-hybridized carbons (Fsp3) is 0.652. The second kappa shape index (κ2) is 8.08. The molecular weight excluding hydrogens is 396 g/mol. The molecule has 5 atom stereocenters. The number of anilines is 1. The van der Waals surface area contributed by atoms with Crippen LogP contribution in [0.5, 0.6) is 0 Å². The van der Waals surface area contributed by atoms with Crippen molar-refractivity contribution >= 4 is 29.4 Å². The Morgan fingerprint density at radius 1 is 1.17 bits per heavy atom. The van der Waals surface area contributed by atoms with Gasteiger partial charge in [-0.2, -0.15) is 0 Å². The molecule has 6 nitrogen and oxygen atoms in total. The fourth-order valence-electron chi connectivity index (χ4n) is 5.87. The van der Waals surface area contributed by atoms with Gasteiger partial charge in [-0.05, 0) is 86.8 Å². The van der Waals surface area contributed by atoms with Crippen molar-refractivity contribution in [3.05, 3.63) is 24.3 Å². The number of nitrogen functional groups attached to an aromatic ring is 1. The lowest BCUT2D eigenvalue weighted by molar-refractivity contribution is -0.135. The van der Waals surface area contributed by atoms with E-state index in [1.807, 2.05) is 31.2 Å². The Morgan fingerprint density at radius 2 is 1.90 bits per heavy atom. The number of hydrogen-bond donors (Lipinski definition) is 4. The summed E-state index contributed by atoms with van der Waals surface area (Å²) in [4.78, 5) is 26.4. The van der Waals surface area contributed by atoms with E-state index in [4.69, 9.17) is 11.5 Å². The Balaban J connectivity index is 1.45. The van der Waals surface area contributed by atoms with Gasteiger partial charge in [-0.25, -0.2) is 4.72 Å². The van der Waals surface area contributed by atoms with Crippen molar-refractivity contribution in [3.8, 4) is 0 Å². The van der Waals surface area contributed by atoms with Crippen molar-refractivity contribution in [1.82, 2.24) is 10.0 Å². The molecular formula is C23H34N4O2S. The van der Waals surface area contributed by atoms with Crippen molar-refractivity contribution < 1.29 is 9.59 Å². The van der Waals surface area contributed by atoms with Gasteiger partial charge in [-0.15, -0.1) is 0 Å². The summed E-state index contributed by atoms with van der Waals surface area (Å²) in [5.74, 6) is 1.12. The predicted molar refractivity (Wildman–Crippen MR) is 120 cm³/mol. The van der Waals surface area contributed by atoms with Gasteiger partial charge in [0.2, 0.25) is 11.8 Å². The minimum Gasteiger partial charge on any atom is -0.398 e. The number of nitrogens with one attached hydrogen (secondary N) is 2. The van der Waals surface area contributed by atoms with Crippen molar-refractivity contribution in [1.29, 1.82) is 0 Å². The Kier molecular flexibility index (Phi) is 5.79. The van der Waals surface area contributed by atoms with E-state index in [0.29, 0.717) is 23.4 Å². The van der Waals surface area contributed by atoms with Gasteiger partial charge in [0.15, 0.2) is 0 Å². The molecule has 0 aliphatic heterocycles.